The fraction of sp³-hybridized carbons (Fsp3) is 0.400. The van der Waals surface area contributed by atoms with E-state index in [9.17, 15) is 10.2 Å². The second-order valence-electron chi connectivity index (χ2n) is 3.76. The third-order valence-electron chi connectivity index (χ3n) is 2.77. The highest BCUT2D eigenvalue weighted by Gasteiger charge is 2.44. The predicted molar refractivity (Wildman–Crippen MR) is 48.9 cm³/mol. The zero-order valence-corrected chi connectivity index (χ0v) is 7.44. The average Bonchev–Trinajstić information content (AvgIpc) is 2.30. The van der Waals surface area contributed by atoms with Gasteiger partial charge in [-0.05, 0) is 18.1 Å². The van der Waals surface area contributed by atoms with E-state index >= 15 is 0 Å². The van der Waals surface area contributed by atoms with Gasteiger partial charge < -0.3 is 15.9 Å². The Morgan fingerprint density at radius 3 is 2.54 bits per heavy atom. The summed E-state index contributed by atoms with van der Waals surface area (Å²) in [7, 11) is 0. The van der Waals surface area contributed by atoms with Gasteiger partial charge in [-0.25, -0.2) is 0 Å². The Kier molecular flexibility index (Phi) is 1.70. The number of fused-ring (bicyclic) bond motifs is 1. The Bertz CT molecular complexity index is 335. The van der Waals surface area contributed by atoms with Crippen LogP contribution in [0.25, 0.3) is 0 Å². The molecule has 0 fully saturated rings. The number of aliphatic hydroxyl groups excluding tert-OH is 2. The quantitative estimate of drug-likeness (QED) is 0.535. The summed E-state index contributed by atoms with van der Waals surface area (Å²) in [6, 6.07) is 7.32. The molecule has 70 valence electrons. The van der Waals surface area contributed by atoms with Crippen LogP contribution in [0.15, 0.2) is 24.3 Å². The Hall–Kier alpha value is -0.900. The Labute approximate surface area is 76.8 Å². The number of benzene rings is 1. The summed E-state index contributed by atoms with van der Waals surface area (Å²) in [5.41, 5.74) is 6.64. The van der Waals surface area contributed by atoms with Gasteiger partial charge in [-0.2, -0.15) is 0 Å². The normalized spacial score (nSPS) is 37.5. The van der Waals surface area contributed by atoms with E-state index in [4.69, 9.17) is 5.73 Å². The molecule has 0 spiro atoms. The molecule has 0 radical (unpaired) electrons. The topological polar surface area (TPSA) is 66.5 Å². The maximum absolute atomic E-state index is 9.67. The molecule has 0 unspecified atom stereocenters. The molecule has 0 heterocycles. The molecule has 4 N–H and O–H groups in total. The second-order valence-corrected chi connectivity index (χ2v) is 3.76. The van der Waals surface area contributed by atoms with Crippen molar-refractivity contribution in [1.29, 1.82) is 0 Å². The van der Waals surface area contributed by atoms with E-state index < -0.39 is 17.7 Å². The lowest BCUT2D eigenvalue weighted by Crippen LogP contribution is -2.42. The maximum Gasteiger partial charge on any atom is 0.107 e. The van der Waals surface area contributed by atoms with Crippen LogP contribution in [0.5, 0.6) is 0 Å². The molecule has 0 aromatic heterocycles. The van der Waals surface area contributed by atoms with Crippen LogP contribution < -0.4 is 5.73 Å². The van der Waals surface area contributed by atoms with Gasteiger partial charge in [0.15, 0.2) is 0 Å². The molecule has 1 aliphatic carbocycles. The second kappa shape index (κ2) is 2.54. The first-order chi connectivity index (χ1) is 6.05. The molecule has 1 aliphatic rings. The van der Waals surface area contributed by atoms with Crippen LogP contribution >= 0.6 is 0 Å². The van der Waals surface area contributed by atoms with E-state index in [0.29, 0.717) is 0 Å². The molecule has 2 rings (SSSR count). The van der Waals surface area contributed by atoms with Crippen molar-refractivity contribution in [1.82, 2.24) is 0 Å². The van der Waals surface area contributed by atoms with Gasteiger partial charge in [-0.1, -0.05) is 24.3 Å². The van der Waals surface area contributed by atoms with Crippen molar-refractivity contribution in [2.45, 2.75) is 24.7 Å². The first-order valence-electron chi connectivity index (χ1n) is 4.29. The van der Waals surface area contributed by atoms with Crippen LogP contribution in [0, 0.1) is 0 Å². The van der Waals surface area contributed by atoms with Crippen LogP contribution in [-0.4, -0.2) is 16.3 Å². The van der Waals surface area contributed by atoms with E-state index in [1.165, 1.54) is 0 Å². The van der Waals surface area contributed by atoms with Crippen LogP contribution in [0.2, 0.25) is 0 Å². The third-order valence-corrected chi connectivity index (χ3v) is 2.77. The number of hydrogen-bond donors (Lipinski definition) is 3. The van der Waals surface area contributed by atoms with Crippen molar-refractivity contribution in [3.05, 3.63) is 35.4 Å². The molecule has 3 atom stereocenters. The SMILES string of the molecule is C[C@@]1(N)c2ccccc2[C@H](O)[C@@H]1O. The number of aliphatic hydroxyl groups is 2. The van der Waals surface area contributed by atoms with Crippen LogP contribution in [0.4, 0.5) is 0 Å². The molecule has 1 aromatic rings. The van der Waals surface area contributed by atoms with Gasteiger partial charge in [-0.15, -0.1) is 0 Å². The van der Waals surface area contributed by atoms with E-state index in [0.717, 1.165) is 11.1 Å². The fourth-order valence-corrected chi connectivity index (χ4v) is 1.90. The minimum atomic E-state index is -0.912. The van der Waals surface area contributed by atoms with E-state index in [1.807, 2.05) is 18.2 Å². The number of nitrogens with two attached hydrogens (primary N) is 1. The first-order valence-corrected chi connectivity index (χ1v) is 4.29. The molecule has 0 amide bonds. The number of hydrogen-bond acceptors (Lipinski definition) is 3. The van der Waals surface area contributed by atoms with Crippen molar-refractivity contribution < 1.29 is 10.2 Å². The maximum atomic E-state index is 9.67. The summed E-state index contributed by atoms with van der Waals surface area (Å²) in [5, 5.41) is 19.3. The van der Waals surface area contributed by atoms with E-state index in [-0.39, 0.29) is 0 Å². The molecule has 0 bridgehead atoms. The summed E-state index contributed by atoms with van der Waals surface area (Å²) in [6.45, 7) is 1.73. The van der Waals surface area contributed by atoms with Crippen molar-refractivity contribution >= 4 is 0 Å². The minimum absolute atomic E-state index is 0.736. The standard InChI is InChI=1S/C10H13NO2/c1-10(11)7-5-3-2-4-6(7)8(12)9(10)13/h2-5,8-9,12-13H,11H2,1H3/t8-,9-,10+/m0/s1. The molecular weight excluding hydrogens is 166 g/mol. The summed E-state index contributed by atoms with van der Waals surface area (Å²) in [5.74, 6) is 0. The molecule has 3 heteroatoms. The van der Waals surface area contributed by atoms with Gasteiger partial charge in [0.05, 0.1) is 5.54 Å². The van der Waals surface area contributed by atoms with Crippen molar-refractivity contribution in [3.8, 4) is 0 Å². The summed E-state index contributed by atoms with van der Waals surface area (Å²) in [4.78, 5) is 0. The average molecular weight is 179 g/mol. The van der Waals surface area contributed by atoms with Gasteiger partial charge in [0.25, 0.3) is 0 Å². The predicted octanol–water partition coefficient (Wildman–Crippen LogP) is 0.268. The third kappa shape index (κ3) is 1.01. The smallest absolute Gasteiger partial charge is 0.107 e. The van der Waals surface area contributed by atoms with Gasteiger partial charge in [0, 0.05) is 0 Å². The van der Waals surface area contributed by atoms with Gasteiger partial charge in [0.1, 0.15) is 12.2 Å². The van der Waals surface area contributed by atoms with Crippen molar-refractivity contribution in [2.75, 3.05) is 0 Å². The number of rotatable bonds is 0. The highest BCUT2D eigenvalue weighted by Crippen LogP contribution is 2.41. The lowest BCUT2D eigenvalue weighted by molar-refractivity contribution is -0.00839. The van der Waals surface area contributed by atoms with E-state index in [2.05, 4.69) is 0 Å². The fourth-order valence-electron chi connectivity index (χ4n) is 1.90. The summed E-state index contributed by atoms with van der Waals surface area (Å²) in [6.07, 6.45) is -1.77. The molecule has 1 aromatic carbocycles. The van der Waals surface area contributed by atoms with Crippen LogP contribution in [-0.2, 0) is 5.54 Å². The van der Waals surface area contributed by atoms with Crippen LogP contribution in [0.1, 0.15) is 24.2 Å². The zero-order chi connectivity index (χ0) is 9.64. The molecule has 3 nitrogen and oxygen atoms in total. The molecule has 0 aliphatic heterocycles. The first kappa shape index (κ1) is 8.69. The Morgan fingerprint density at radius 2 is 1.92 bits per heavy atom. The van der Waals surface area contributed by atoms with Gasteiger partial charge in [0.2, 0.25) is 0 Å². The van der Waals surface area contributed by atoms with Gasteiger partial charge >= 0.3 is 0 Å². The highest BCUT2D eigenvalue weighted by atomic mass is 16.3. The highest BCUT2D eigenvalue weighted by molar-refractivity contribution is 5.41. The van der Waals surface area contributed by atoms with Crippen molar-refractivity contribution in [3.63, 3.8) is 0 Å². The minimum Gasteiger partial charge on any atom is -0.388 e. The van der Waals surface area contributed by atoms with E-state index in [1.54, 1.807) is 13.0 Å². The molecule has 13 heavy (non-hydrogen) atoms. The molecule has 0 saturated heterocycles. The van der Waals surface area contributed by atoms with Gasteiger partial charge in [-0.3, -0.25) is 0 Å². The summed E-state index contributed by atoms with van der Waals surface area (Å²) >= 11 is 0. The lowest BCUT2D eigenvalue weighted by atomic mass is 9.94. The summed E-state index contributed by atoms with van der Waals surface area (Å²) < 4.78 is 0. The Balaban J connectivity index is 2.61. The van der Waals surface area contributed by atoms with Crippen LogP contribution in [0.3, 0.4) is 0 Å². The zero-order valence-electron chi connectivity index (χ0n) is 7.44. The lowest BCUT2D eigenvalue weighted by Gasteiger charge is -2.24. The molecule has 0 saturated carbocycles. The monoisotopic (exact) mass is 179 g/mol. The Morgan fingerprint density at radius 1 is 1.31 bits per heavy atom. The largest absolute Gasteiger partial charge is 0.388 e. The van der Waals surface area contributed by atoms with Crippen molar-refractivity contribution in [2.24, 2.45) is 5.73 Å². The molecular formula is C10H13NO2.